The third kappa shape index (κ3) is 5.32. The Morgan fingerprint density at radius 1 is 1.41 bits per heavy atom. The van der Waals surface area contributed by atoms with Crippen molar-refractivity contribution in [3.8, 4) is 5.88 Å². The number of anilines is 1. The maximum Gasteiger partial charge on any atom is 0.262 e. The van der Waals surface area contributed by atoms with Gasteiger partial charge in [-0.1, -0.05) is 0 Å². The maximum atomic E-state index is 14.7. The van der Waals surface area contributed by atoms with Crippen LogP contribution in [0.4, 0.5) is 14.6 Å². The van der Waals surface area contributed by atoms with Gasteiger partial charge in [0.25, 0.3) is 11.5 Å². The van der Waals surface area contributed by atoms with Gasteiger partial charge in [-0.05, 0) is 59.3 Å². The molecule has 4 rings (SSSR count). The predicted molar refractivity (Wildman–Crippen MR) is 117 cm³/mol. The van der Waals surface area contributed by atoms with E-state index in [0.29, 0.717) is 24.0 Å². The number of aromatic amines is 1. The number of nitrogens with zero attached hydrogens (tertiary/aromatic N) is 3. The van der Waals surface area contributed by atoms with Crippen molar-refractivity contribution in [3.05, 3.63) is 44.8 Å². The Morgan fingerprint density at radius 2 is 2.19 bits per heavy atom. The molecule has 0 bridgehead atoms. The number of nitrogens with one attached hydrogen (secondary N) is 2. The number of carbonyl (C=O) groups is 1. The molecule has 2 atom stereocenters. The summed E-state index contributed by atoms with van der Waals surface area (Å²) in [6.45, 7) is 2.32. The fraction of sp³-hybridized carbons (Fsp3) is 0.524. The number of rotatable bonds is 7. The summed E-state index contributed by atoms with van der Waals surface area (Å²) in [6.07, 6.45) is 3.26. The molecular weight excluding hydrogens is 488 g/mol. The summed E-state index contributed by atoms with van der Waals surface area (Å²) in [6, 6.07) is 3.99. The first kappa shape index (κ1) is 22.8. The molecule has 3 heterocycles. The molecule has 0 aromatic carbocycles. The second-order valence-electron chi connectivity index (χ2n) is 8.35. The lowest BCUT2D eigenvalue weighted by Gasteiger charge is -2.40. The van der Waals surface area contributed by atoms with Crippen molar-refractivity contribution >= 4 is 27.7 Å². The molecule has 2 aromatic rings. The van der Waals surface area contributed by atoms with Crippen LogP contribution in [0.15, 0.2) is 33.7 Å². The zero-order chi connectivity index (χ0) is 22.9. The van der Waals surface area contributed by atoms with Crippen molar-refractivity contribution in [2.45, 2.75) is 44.1 Å². The van der Waals surface area contributed by atoms with Crippen molar-refractivity contribution in [2.75, 3.05) is 25.0 Å². The topological polar surface area (TPSA) is 100 Å². The van der Waals surface area contributed by atoms with Crippen LogP contribution in [0.2, 0.25) is 0 Å². The number of halogens is 3. The summed E-state index contributed by atoms with van der Waals surface area (Å²) >= 11 is 3.09. The molecule has 1 aliphatic heterocycles. The van der Waals surface area contributed by atoms with E-state index in [1.807, 2.05) is 0 Å². The first-order chi connectivity index (χ1) is 15.2. The minimum absolute atomic E-state index is 0.0281. The Labute approximate surface area is 191 Å². The van der Waals surface area contributed by atoms with Gasteiger partial charge in [-0.25, -0.2) is 8.78 Å². The molecule has 0 spiro atoms. The third-order valence-electron chi connectivity index (χ3n) is 5.92. The average Bonchev–Trinajstić information content (AvgIpc) is 3.59. The zero-order valence-electron chi connectivity index (χ0n) is 17.5. The summed E-state index contributed by atoms with van der Waals surface area (Å²) in [5.41, 5.74) is -0.0750. The van der Waals surface area contributed by atoms with E-state index in [-0.39, 0.29) is 34.8 Å². The number of hydrogen-bond acceptors (Lipinski definition) is 6. The van der Waals surface area contributed by atoms with Gasteiger partial charge >= 0.3 is 0 Å². The quantitative estimate of drug-likeness (QED) is 0.592. The molecule has 172 valence electrons. The summed E-state index contributed by atoms with van der Waals surface area (Å²) in [7, 11) is 0. The molecule has 32 heavy (non-hydrogen) atoms. The van der Waals surface area contributed by atoms with Crippen LogP contribution in [0.3, 0.4) is 0 Å². The molecule has 2 aliphatic rings. The minimum atomic E-state index is -2.95. The van der Waals surface area contributed by atoms with Gasteiger partial charge in [-0.15, -0.1) is 10.2 Å². The highest BCUT2D eigenvalue weighted by atomic mass is 79.9. The number of pyridine rings is 1. The fourth-order valence-electron chi connectivity index (χ4n) is 3.65. The van der Waals surface area contributed by atoms with Crippen molar-refractivity contribution in [2.24, 2.45) is 5.92 Å². The lowest BCUT2D eigenvalue weighted by molar-refractivity contribution is -0.125. The monoisotopic (exact) mass is 511 g/mol. The molecular formula is C21H24BrF2N5O3. The number of alkyl halides is 2. The number of ether oxygens (including phenoxy) is 1. The molecule has 2 unspecified atom stereocenters. The minimum Gasteiger partial charge on any atom is -0.476 e. The first-order valence-electron chi connectivity index (χ1n) is 10.5. The Hall–Kier alpha value is -2.40. The van der Waals surface area contributed by atoms with E-state index in [0.717, 1.165) is 0 Å². The van der Waals surface area contributed by atoms with Crippen LogP contribution in [-0.4, -0.2) is 57.6 Å². The summed E-state index contributed by atoms with van der Waals surface area (Å²) < 4.78 is 35.0. The summed E-state index contributed by atoms with van der Waals surface area (Å²) in [4.78, 5) is 28.5. The van der Waals surface area contributed by atoms with Crippen LogP contribution in [0.1, 0.15) is 37.7 Å². The van der Waals surface area contributed by atoms with Gasteiger partial charge in [0.15, 0.2) is 5.82 Å². The molecule has 1 saturated heterocycles. The molecule has 2 fully saturated rings. The normalized spacial score (nSPS) is 21.7. The van der Waals surface area contributed by atoms with Crippen molar-refractivity contribution in [1.29, 1.82) is 0 Å². The van der Waals surface area contributed by atoms with Crippen LogP contribution in [0.25, 0.3) is 0 Å². The average molecular weight is 512 g/mol. The highest BCUT2D eigenvalue weighted by Crippen LogP contribution is 2.41. The number of carbonyl (C=O) groups excluding carboxylic acids is 1. The van der Waals surface area contributed by atoms with Crippen LogP contribution >= 0.6 is 15.9 Å². The lowest BCUT2D eigenvalue weighted by atomic mass is 9.87. The van der Waals surface area contributed by atoms with Crippen molar-refractivity contribution < 1.29 is 18.3 Å². The van der Waals surface area contributed by atoms with Crippen molar-refractivity contribution in [3.63, 3.8) is 0 Å². The highest BCUT2D eigenvalue weighted by molar-refractivity contribution is 9.10. The van der Waals surface area contributed by atoms with Gasteiger partial charge < -0.3 is 15.0 Å². The lowest BCUT2D eigenvalue weighted by Crippen LogP contribution is -2.52. The molecule has 1 saturated carbocycles. The smallest absolute Gasteiger partial charge is 0.262 e. The van der Waals surface area contributed by atoms with Gasteiger partial charge in [0, 0.05) is 31.8 Å². The van der Waals surface area contributed by atoms with E-state index in [2.05, 4.69) is 36.4 Å². The Balaban J connectivity index is 1.39. The molecule has 8 nitrogen and oxygen atoms in total. The predicted octanol–water partition coefficient (Wildman–Crippen LogP) is 3.17. The summed E-state index contributed by atoms with van der Waals surface area (Å²) in [5.74, 6) is -3.21. The largest absolute Gasteiger partial charge is 0.476 e. The molecule has 2 aromatic heterocycles. The van der Waals surface area contributed by atoms with E-state index < -0.39 is 24.3 Å². The van der Waals surface area contributed by atoms with E-state index in [1.165, 1.54) is 25.1 Å². The van der Waals surface area contributed by atoms with E-state index in [9.17, 15) is 18.4 Å². The summed E-state index contributed by atoms with van der Waals surface area (Å²) in [5, 5.41) is 10.6. The molecule has 1 amide bonds. The highest BCUT2D eigenvalue weighted by Gasteiger charge is 2.46. The van der Waals surface area contributed by atoms with E-state index >= 15 is 0 Å². The van der Waals surface area contributed by atoms with E-state index in [1.54, 1.807) is 24.0 Å². The maximum absolute atomic E-state index is 14.7. The number of hydrogen-bond donors (Lipinski definition) is 2. The number of piperidine rings is 1. The number of amides is 1. The first-order valence-corrected chi connectivity index (χ1v) is 11.3. The van der Waals surface area contributed by atoms with Gasteiger partial charge in [0.2, 0.25) is 11.8 Å². The SMILES string of the molecule is CC(C(=O)Nc1ccc(OCC2CC2)nn1)N1CCC(F)(F)C(c2c[nH]c(=O)c(Br)c2)C1. The Morgan fingerprint density at radius 3 is 2.84 bits per heavy atom. The van der Waals surface area contributed by atoms with Crippen molar-refractivity contribution in [1.82, 2.24) is 20.1 Å². The second kappa shape index (κ2) is 9.22. The van der Waals surface area contributed by atoms with Crippen LogP contribution in [-0.2, 0) is 4.79 Å². The Kier molecular flexibility index (Phi) is 6.57. The third-order valence-corrected chi connectivity index (χ3v) is 6.51. The van der Waals surface area contributed by atoms with Gasteiger partial charge in [0.1, 0.15) is 0 Å². The number of likely N-dealkylation sites (tertiary alicyclic amines) is 1. The molecule has 2 N–H and O–H groups in total. The van der Waals surface area contributed by atoms with Crippen LogP contribution in [0, 0.1) is 5.92 Å². The molecule has 11 heteroatoms. The fourth-order valence-corrected chi connectivity index (χ4v) is 4.03. The zero-order valence-corrected chi connectivity index (χ0v) is 19.1. The van der Waals surface area contributed by atoms with Gasteiger partial charge in [0.05, 0.1) is 23.0 Å². The van der Waals surface area contributed by atoms with Crippen LogP contribution < -0.4 is 15.6 Å². The van der Waals surface area contributed by atoms with Gasteiger partial charge in [-0.3, -0.25) is 14.5 Å². The van der Waals surface area contributed by atoms with Crippen LogP contribution in [0.5, 0.6) is 5.88 Å². The standard InChI is InChI=1S/C21H24BrF2N5O3/c1-12(19(30)26-17-4-5-18(28-27-17)32-11-13-2-3-13)29-7-6-21(23,24)15(10-29)14-8-16(22)20(31)25-9-14/h4-5,8-9,12-13,15H,2-3,6-7,10-11H2,1H3,(H,25,31)(H,26,27,30). The number of H-pyrrole nitrogens is 1. The number of aromatic nitrogens is 3. The Bertz CT molecular complexity index is 1030. The molecule has 0 radical (unpaired) electrons. The van der Waals surface area contributed by atoms with Gasteiger partial charge in [-0.2, -0.15) is 0 Å². The molecule has 1 aliphatic carbocycles. The second-order valence-corrected chi connectivity index (χ2v) is 9.20. The van der Waals surface area contributed by atoms with E-state index in [4.69, 9.17) is 4.74 Å².